The molecule has 0 saturated carbocycles. The lowest BCUT2D eigenvalue weighted by Gasteiger charge is -2.20. The van der Waals surface area contributed by atoms with Crippen LogP contribution in [0.25, 0.3) is 5.78 Å². The lowest BCUT2D eigenvalue weighted by Crippen LogP contribution is -2.17. The molecule has 4 rings (SSSR count). The van der Waals surface area contributed by atoms with Crippen LogP contribution in [0.5, 0.6) is 0 Å². The predicted octanol–water partition coefficient (Wildman–Crippen LogP) is 1.27. The average Bonchev–Trinajstić information content (AvgIpc) is 2.96. The minimum Gasteiger partial charge on any atom is -0.466 e. The molecule has 1 N–H and O–H groups in total. The van der Waals surface area contributed by atoms with Gasteiger partial charge in [0, 0.05) is 12.1 Å². The van der Waals surface area contributed by atoms with Crippen LogP contribution in [0, 0.1) is 0 Å². The summed E-state index contributed by atoms with van der Waals surface area (Å²) in [6.07, 6.45) is 0.703. The summed E-state index contributed by atoms with van der Waals surface area (Å²) in [5.74, 6) is 1.24. The molecule has 0 unspecified atom stereocenters. The predicted molar refractivity (Wildman–Crippen MR) is 81.4 cm³/mol. The summed E-state index contributed by atoms with van der Waals surface area (Å²) in [6, 6.07) is 8.00. The highest BCUT2D eigenvalue weighted by atomic mass is 16.5. The fraction of sp³-hybridized carbons (Fsp3) is 0.267. The lowest BCUT2D eigenvalue weighted by atomic mass is 10.0. The van der Waals surface area contributed by atoms with Crippen molar-refractivity contribution in [2.75, 3.05) is 11.9 Å². The normalized spacial score (nSPS) is 12.4. The van der Waals surface area contributed by atoms with Gasteiger partial charge in [0.1, 0.15) is 17.9 Å². The quantitative estimate of drug-likeness (QED) is 0.569. The first-order valence-electron chi connectivity index (χ1n) is 7.36. The van der Waals surface area contributed by atoms with Crippen molar-refractivity contribution in [1.29, 1.82) is 0 Å². The van der Waals surface area contributed by atoms with Crippen molar-refractivity contribution in [3.63, 3.8) is 0 Å². The highest BCUT2D eigenvalue weighted by molar-refractivity contribution is 5.73. The van der Waals surface area contributed by atoms with Crippen molar-refractivity contribution < 1.29 is 9.53 Å². The third-order valence-corrected chi connectivity index (χ3v) is 3.71. The van der Waals surface area contributed by atoms with Gasteiger partial charge in [-0.2, -0.15) is 0 Å². The lowest BCUT2D eigenvalue weighted by molar-refractivity contribution is -0.142. The number of fused-ring (bicyclic) bond motifs is 4. The van der Waals surface area contributed by atoms with Crippen LogP contribution in [0.4, 0.5) is 11.5 Å². The van der Waals surface area contributed by atoms with Gasteiger partial charge in [-0.05, 0) is 18.6 Å². The highest BCUT2D eigenvalue weighted by Gasteiger charge is 2.23. The Bertz CT molecular complexity index is 904. The van der Waals surface area contributed by atoms with E-state index in [2.05, 4.69) is 25.7 Å². The molecule has 8 nitrogen and oxygen atoms in total. The van der Waals surface area contributed by atoms with Crippen LogP contribution in [0.15, 0.2) is 24.3 Å². The Morgan fingerprint density at radius 2 is 2.09 bits per heavy atom. The van der Waals surface area contributed by atoms with Gasteiger partial charge in [0.2, 0.25) is 0 Å². The molecule has 3 heterocycles. The average molecular weight is 310 g/mol. The minimum atomic E-state index is -0.344. The van der Waals surface area contributed by atoms with Crippen LogP contribution >= 0.6 is 0 Å². The Morgan fingerprint density at radius 1 is 1.26 bits per heavy atom. The summed E-state index contributed by atoms with van der Waals surface area (Å²) in [4.78, 5) is 11.8. The van der Waals surface area contributed by atoms with Crippen molar-refractivity contribution in [1.82, 2.24) is 24.8 Å². The number of hydrogen-bond donors (Lipinski definition) is 1. The van der Waals surface area contributed by atoms with Crippen molar-refractivity contribution in [3.05, 3.63) is 41.3 Å². The maximum atomic E-state index is 11.8. The molecule has 116 valence electrons. The van der Waals surface area contributed by atoms with Crippen LogP contribution in [-0.2, 0) is 22.4 Å². The van der Waals surface area contributed by atoms with E-state index in [0.717, 1.165) is 22.8 Å². The molecule has 2 aromatic heterocycles. The number of hydrogen-bond acceptors (Lipinski definition) is 7. The van der Waals surface area contributed by atoms with Crippen LogP contribution in [0.1, 0.15) is 24.0 Å². The summed E-state index contributed by atoms with van der Waals surface area (Å²) in [7, 11) is 0. The van der Waals surface area contributed by atoms with Gasteiger partial charge in [0.25, 0.3) is 5.78 Å². The van der Waals surface area contributed by atoms with Gasteiger partial charge in [-0.3, -0.25) is 4.79 Å². The maximum absolute atomic E-state index is 11.8. The fourth-order valence-corrected chi connectivity index (χ4v) is 2.69. The second-order valence-electron chi connectivity index (χ2n) is 5.19. The van der Waals surface area contributed by atoms with Gasteiger partial charge in [-0.15, -0.1) is 20.4 Å². The van der Waals surface area contributed by atoms with E-state index in [9.17, 15) is 4.79 Å². The topological polar surface area (TPSA) is 94.3 Å². The number of benzene rings is 1. The first-order valence-corrected chi connectivity index (χ1v) is 7.36. The molecule has 0 atom stereocenters. The van der Waals surface area contributed by atoms with Gasteiger partial charge < -0.3 is 10.1 Å². The second-order valence-corrected chi connectivity index (χ2v) is 5.19. The van der Waals surface area contributed by atoms with Crippen LogP contribution < -0.4 is 5.32 Å². The van der Waals surface area contributed by atoms with Crippen molar-refractivity contribution in [2.24, 2.45) is 0 Å². The first-order chi connectivity index (χ1) is 11.3. The number of carbonyl (C=O) groups is 1. The summed E-state index contributed by atoms with van der Waals surface area (Å²) < 4.78 is 6.72. The highest BCUT2D eigenvalue weighted by Crippen LogP contribution is 2.31. The number of carbonyl (C=O) groups excluding carboxylic acids is 1. The number of para-hydroxylation sites is 1. The molecule has 0 aliphatic carbocycles. The van der Waals surface area contributed by atoms with Gasteiger partial charge in [-0.25, -0.2) is 4.40 Å². The van der Waals surface area contributed by atoms with Gasteiger partial charge in [0.15, 0.2) is 5.82 Å². The monoisotopic (exact) mass is 310 g/mol. The third-order valence-electron chi connectivity index (χ3n) is 3.71. The Kier molecular flexibility index (Phi) is 3.14. The van der Waals surface area contributed by atoms with Crippen LogP contribution in [-0.4, -0.2) is 37.4 Å². The van der Waals surface area contributed by atoms with Crippen molar-refractivity contribution in [3.8, 4) is 0 Å². The molecule has 1 aliphatic heterocycles. The number of ether oxygens (including phenoxy) is 1. The molecule has 0 fully saturated rings. The second kappa shape index (κ2) is 5.31. The molecule has 0 bridgehead atoms. The zero-order valence-corrected chi connectivity index (χ0v) is 12.5. The fourth-order valence-electron chi connectivity index (χ4n) is 2.69. The molecule has 3 aromatic rings. The maximum Gasteiger partial charge on any atom is 0.313 e. The molecule has 1 aromatic carbocycles. The summed E-state index contributed by atoms with van der Waals surface area (Å²) in [6.45, 7) is 2.10. The Labute approximate surface area is 131 Å². The Hall–Kier alpha value is -3.03. The molecular formula is C15H14N6O2. The van der Waals surface area contributed by atoms with E-state index in [-0.39, 0.29) is 12.4 Å². The molecule has 0 radical (unpaired) electrons. The van der Waals surface area contributed by atoms with Crippen molar-refractivity contribution in [2.45, 2.75) is 19.8 Å². The van der Waals surface area contributed by atoms with Crippen molar-refractivity contribution >= 4 is 23.3 Å². The van der Waals surface area contributed by atoms with E-state index in [4.69, 9.17) is 4.74 Å². The molecule has 1 aliphatic rings. The first kappa shape index (κ1) is 13.6. The number of aromatic nitrogens is 5. The Balaban J connectivity index is 1.80. The summed E-state index contributed by atoms with van der Waals surface area (Å²) >= 11 is 0. The number of nitrogens with one attached hydrogen (secondary N) is 1. The molecule has 8 heteroatoms. The SMILES string of the molecule is CCOC(=O)Cc1nnc2nnc3c(n12)Nc1ccccc1C3. The number of esters is 1. The van der Waals surface area contributed by atoms with E-state index in [0.29, 0.717) is 24.6 Å². The van der Waals surface area contributed by atoms with Crippen LogP contribution in [0.3, 0.4) is 0 Å². The zero-order valence-electron chi connectivity index (χ0n) is 12.5. The minimum absolute atomic E-state index is 0.0382. The van der Waals surface area contributed by atoms with E-state index in [1.54, 1.807) is 11.3 Å². The number of nitrogens with zero attached hydrogens (tertiary/aromatic N) is 5. The third kappa shape index (κ3) is 2.28. The number of rotatable bonds is 3. The van der Waals surface area contributed by atoms with Gasteiger partial charge >= 0.3 is 5.97 Å². The summed E-state index contributed by atoms with van der Waals surface area (Å²) in [5, 5.41) is 19.7. The molecular weight excluding hydrogens is 296 g/mol. The summed E-state index contributed by atoms with van der Waals surface area (Å²) in [5.41, 5.74) is 2.94. The number of anilines is 2. The largest absolute Gasteiger partial charge is 0.466 e. The smallest absolute Gasteiger partial charge is 0.313 e. The van der Waals surface area contributed by atoms with Crippen LogP contribution in [0.2, 0.25) is 0 Å². The zero-order chi connectivity index (χ0) is 15.8. The van der Waals surface area contributed by atoms with E-state index >= 15 is 0 Å². The van der Waals surface area contributed by atoms with E-state index < -0.39 is 0 Å². The Morgan fingerprint density at radius 3 is 2.96 bits per heavy atom. The standard InChI is InChI=1S/C15H14N6O2/c1-2-23-13(22)8-12-18-20-15-19-17-11-7-9-5-3-4-6-10(9)16-14(11)21(12)15/h3-6,16H,2,7-8H2,1H3. The van der Waals surface area contributed by atoms with Gasteiger partial charge in [0.05, 0.1) is 6.61 Å². The molecule has 0 saturated heterocycles. The van der Waals surface area contributed by atoms with Gasteiger partial charge in [-0.1, -0.05) is 18.2 Å². The molecule has 23 heavy (non-hydrogen) atoms. The molecule has 0 spiro atoms. The molecule has 0 amide bonds. The van der Waals surface area contributed by atoms with E-state index in [1.165, 1.54) is 0 Å². The van der Waals surface area contributed by atoms with E-state index in [1.807, 2.05) is 24.3 Å².